The van der Waals surface area contributed by atoms with Gasteiger partial charge in [-0.15, -0.1) is 0 Å². The van der Waals surface area contributed by atoms with E-state index in [1.54, 1.807) is 20.2 Å². The summed E-state index contributed by atoms with van der Waals surface area (Å²) in [5, 5.41) is 0. The number of rotatable bonds is 7. The molecule has 5 heteroatoms. The van der Waals surface area contributed by atoms with Gasteiger partial charge in [0.2, 0.25) is 0 Å². The van der Waals surface area contributed by atoms with E-state index in [4.69, 9.17) is 9.47 Å². The maximum absolute atomic E-state index is 11.9. The molecular weight excluding hydrogens is 256 g/mol. The lowest BCUT2D eigenvalue weighted by Crippen LogP contribution is -2.17. The van der Waals surface area contributed by atoms with E-state index in [0.717, 1.165) is 18.5 Å². The summed E-state index contributed by atoms with van der Waals surface area (Å²) in [4.78, 5) is 20.7. The summed E-state index contributed by atoms with van der Waals surface area (Å²) in [6, 6.07) is 0. The van der Waals surface area contributed by atoms with Crippen LogP contribution in [-0.4, -0.2) is 29.7 Å². The highest BCUT2D eigenvalue weighted by Crippen LogP contribution is 2.23. The third-order valence-electron chi connectivity index (χ3n) is 2.98. The van der Waals surface area contributed by atoms with Crippen molar-refractivity contribution in [1.29, 1.82) is 0 Å². The SMILES string of the molecule is CCCc1nc(C(OC)C(C)C)ncc1C(=O)OCC. The number of esters is 1. The highest BCUT2D eigenvalue weighted by molar-refractivity contribution is 5.90. The van der Waals surface area contributed by atoms with E-state index in [1.165, 1.54) is 0 Å². The van der Waals surface area contributed by atoms with Crippen LogP contribution in [-0.2, 0) is 15.9 Å². The Morgan fingerprint density at radius 2 is 2.05 bits per heavy atom. The molecule has 0 aliphatic heterocycles. The van der Waals surface area contributed by atoms with Gasteiger partial charge in [-0.05, 0) is 19.3 Å². The average Bonchev–Trinajstić information content (AvgIpc) is 2.40. The Labute approximate surface area is 120 Å². The molecule has 5 nitrogen and oxygen atoms in total. The van der Waals surface area contributed by atoms with Crippen LogP contribution in [0.2, 0.25) is 0 Å². The van der Waals surface area contributed by atoms with Gasteiger partial charge < -0.3 is 9.47 Å². The lowest BCUT2D eigenvalue weighted by atomic mass is 10.1. The molecule has 1 atom stereocenters. The lowest BCUT2D eigenvalue weighted by Gasteiger charge is -2.19. The molecule has 0 radical (unpaired) electrons. The smallest absolute Gasteiger partial charge is 0.341 e. The molecule has 112 valence electrons. The van der Waals surface area contributed by atoms with Gasteiger partial charge in [-0.3, -0.25) is 0 Å². The van der Waals surface area contributed by atoms with Crippen molar-refractivity contribution in [3.05, 3.63) is 23.3 Å². The maximum atomic E-state index is 11.9. The highest BCUT2D eigenvalue weighted by Gasteiger charge is 2.21. The summed E-state index contributed by atoms with van der Waals surface area (Å²) in [7, 11) is 1.65. The molecule has 0 N–H and O–H groups in total. The highest BCUT2D eigenvalue weighted by atomic mass is 16.5. The van der Waals surface area contributed by atoms with Gasteiger partial charge in [0.15, 0.2) is 5.82 Å². The predicted octanol–water partition coefficient (Wildman–Crippen LogP) is 2.95. The molecule has 1 unspecified atom stereocenters. The van der Waals surface area contributed by atoms with E-state index >= 15 is 0 Å². The molecule has 0 amide bonds. The predicted molar refractivity (Wildman–Crippen MR) is 76.6 cm³/mol. The Kier molecular flexibility index (Phi) is 6.58. The van der Waals surface area contributed by atoms with Crippen molar-refractivity contribution in [3.63, 3.8) is 0 Å². The van der Waals surface area contributed by atoms with Gasteiger partial charge >= 0.3 is 5.97 Å². The first-order chi connectivity index (χ1) is 9.54. The molecular formula is C15H24N2O3. The largest absolute Gasteiger partial charge is 0.462 e. The van der Waals surface area contributed by atoms with Crippen LogP contribution in [0, 0.1) is 5.92 Å². The van der Waals surface area contributed by atoms with Gasteiger partial charge in [0.05, 0.1) is 17.9 Å². The molecule has 0 spiro atoms. The molecule has 0 saturated carbocycles. The third-order valence-corrected chi connectivity index (χ3v) is 2.98. The summed E-state index contributed by atoms with van der Waals surface area (Å²) in [5.41, 5.74) is 1.19. The van der Waals surface area contributed by atoms with E-state index in [-0.39, 0.29) is 18.0 Å². The molecule has 1 aromatic rings. The molecule has 0 aliphatic carbocycles. The summed E-state index contributed by atoms with van der Waals surface area (Å²) < 4.78 is 10.5. The molecule has 1 aromatic heterocycles. The monoisotopic (exact) mass is 280 g/mol. The van der Waals surface area contributed by atoms with Gasteiger partial charge in [0.25, 0.3) is 0 Å². The Balaban J connectivity index is 3.14. The summed E-state index contributed by atoms with van der Waals surface area (Å²) in [6.07, 6.45) is 3.02. The average molecular weight is 280 g/mol. The molecule has 0 aliphatic rings. The van der Waals surface area contributed by atoms with Crippen LogP contribution in [0.4, 0.5) is 0 Å². The van der Waals surface area contributed by atoms with E-state index in [1.807, 2.05) is 6.92 Å². The van der Waals surface area contributed by atoms with Crippen molar-refractivity contribution in [2.75, 3.05) is 13.7 Å². The Morgan fingerprint density at radius 3 is 2.55 bits per heavy atom. The third kappa shape index (κ3) is 4.00. The van der Waals surface area contributed by atoms with E-state index in [2.05, 4.69) is 23.8 Å². The summed E-state index contributed by atoms with van der Waals surface area (Å²) in [6.45, 7) is 8.28. The van der Waals surface area contributed by atoms with Gasteiger partial charge in [0.1, 0.15) is 6.10 Å². The van der Waals surface area contributed by atoms with Crippen molar-refractivity contribution in [2.45, 2.75) is 46.6 Å². The minimum atomic E-state index is -0.360. The second-order valence-electron chi connectivity index (χ2n) is 4.96. The topological polar surface area (TPSA) is 61.3 Å². The fourth-order valence-corrected chi connectivity index (χ4v) is 2.05. The Bertz CT molecular complexity index is 447. The maximum Gasteiger partial charge on any atom is 0.341 e. The summed E-state index contributed by atoms with van der Waals surface area (Å²) in [5.74, 6) is 0.530. The number of methoxy groups -OCH3 is 1. The van der Waals surface area contributed by atoms with E-state index in [0.29, 0.717) is 18.0 Å². The lowest BCUT2D eigenvalue weighted by molar-refractivity contribution is 0.0514. The van der Waals surface area contributed by atoms with Crippen LogP contribution < -0.4 is 0 Å². The summed E-state index contributed by atoms with van der Waals surface area (Å²) >= 11 is 0. The number of carbonyl (C=O) groups excluding carboxylic acids is 1. The second kappa shape index (κ2) is 7.94. The zero-order valence-corrected chi connectivity index (χ0v) is 13.0. The normalized spacial score (nSPS) is 12.5. The number of carbonyl (C=O) groups is 1. The molecule has 0 fully saturated rings. The van der Waals surface area contributed by atoms with Gasteiger partial charge in [0, 0.05) is 13.3 Å². The van der Waals surface area contributed by atoms with Crippen LogP contribution >= 0.6 is 0 Å². The first-order valence-corrected chi connectivity index (χ1v) is 7.10. The zero-order chi connectivity index (χ0) is 15.1. The minimum Gasteiger partial charge on any atom is -0.462 e. The number of nitrogens with zero attached hydrogens (tertiary/aromatic N) is 2. The first-order valence-electron chi connectivity index (χ1n) is 7.10. The van der Waals surface area contributed by atoms with Crippen molar-refractivity contribution >= 4 is 5.97 Å². The van der Waals surface area contributed by atoms with E-state index < -0.39 is 0 Å². The second-order valence-corrected chi connectivity index (χ2v) is 4.96. The van der Waals surface area contributed by atoms with Crippen LogP contribution in [0.5, 0.6) is 0 Å². The standard InChI is InChI=1S/C15H24N2O3/c1-6-8-12-11(15(18)20-7-2)9-16-14(17-12)13(19-5)10(3)4/h9-10,13H,6-8H2,1-5H3. The Morgan fingerprint density at radius 1 is 1.35 bits per heavy atom. The molecule has 20 heavy (non-hydrogen) atoms. The van der Waals surface area contributed by atoms with Crippen molar-refractivity contribution < 1.29 is 14.3 Å². The number of aryl methyl sites for hydroxylation is 1. The number of hydrogen-bond donors (Lipinski definition) is 0. The van der Waals surface area contributed by atoms with Gasteiger partial charge in [-0.25, -0.2) is 14.8 Å². The molecule has 0 saturated heterocycles. The number of ether oxygens (including phenoxy) is 2. The van der Waals surface area contributed by atoms with Crippen LogP contribution in [0.1, 0.15) is 62.1 Å². The van der Waals surface area contributed by atoms with Gasteiger partial charge in [-0.1, -0.05) is 27.2 Å². The number of aromatic nitrogens is 2. The first kappa shape index (κ1) is 16.6. The zero-order valence-electron chi connectivity index (χ0n) is 13.0. The molecule has 0 aromatic carbocycles. The fraction of sp³-hybridized carbons (Fsp3) is 0.667. The fourth-order valence-electron chi connectivity index (χ4n) is 2.05. The van der Waals surface area contributed by atoms with Crippen LogP contribution in [0.3, 0.4) is 0 Å². The van der Waals surface area contributed by atoms with Crippen molar-refractivity contribution in [1.82, 2.24) is 9.97 Å². The van der Waals surface area contributed by atoms with Crippen LogP contribution in [0.25, 0.3) is 0 Å². The van der Waals surface area contributed by atoms with E-state index in [9.17, 15) is 4.79 Å². The molecule has 1 rings (SSSR count). The van der Waals surface area contributed by atoms with Crippen LogP contribution in [0.15, 0.2) is 6.20 Å². The molecule has 0 bridgehead atoms. The van der Waals surface area contributed by atoms with Gasteiger partial charge in [-0.2, -0.15) is 0 Å². The molecule has 1 heterocycles. The van der Waals surface area contributed by atoms with Crippen molar-refractivity contribution in [3.8, 4) is 0 Å². The Hall–Kier alpha value is -1.49. The van der Waals surface area contributed by atoms with Crippen molar-refractivity contribution in [2.24, 2.45) is 5.92 Å². The number of hydrogen-bond acceptors (Lipinski definition) is 5. The minimum absolute atomic E-state index is 0.165. The quantitative estimate of drug-likeness (QED) is 0.719.